The van der Waals surface area contributed by atoms with Gasteiger partial charge >= 0.3 is 0 Å². The summed E-state index contributed by atoms with van der Waals surface area (Å²) in [5.74, 6) is 1.66. The number of nitrogens with zero attached hydrogens (tertiary/aromatic N) is 3. The lowest BCUT2D eigenvalue weighted by molar-refractivity contribution is -0.113. The summed E-state index contributed by atoms with van der Waals surface area (Å²) in [6.07, 6.45) is 1.94. The molecule has 1 unspecified atom stereocenters. The van der Waals surface area contributed by atoms with E-state index >= 15 is 0 Å². The molecule has 42 heavy (non-hydrogen) atoms. The van der Waals surface area contributed by atoms with Crippen LogP contribution in [0.2, 0.25) is 5.02 Å². The van der Waals surface area contributed by atoms with Crippen molar-refractivity contribution in [3.63, 3.8) is 0 Å². The molecular formula is C32H33BrClN5O2S. The van der Waals surface area contributed by atoms with Crippen LogP contribution in [0.1, 0.15) is 55.0 Å². The van der Waals surface area contributed by atoms with Crippen LogP contribution < -0.4 is 15.4 Å². The van der Waals surface area contributed by atoms with Crippen LogP contribution in [0.4, 0.5) is 11.6 Å². The van der Waals surface area contributed by atoms with Crippen LogP contribution in [0.3, 0.4) is 0 Å². The zero-order valence-corrected chi connectivity index (χ0v) is 27.2. The number of rotatable bonds is 10. The van der Waals surface area contributed by atoms with Gasteiger partial charge in [-0.2, -0.15) is 4.98 Å². The SMILES string of the molecule is CCCCOc1ccc(Br)cc1C1C(C(=O)Nc2cccc(C)c2C)=C(C)Nc2nc(SCc3ccccc3Cl)nn21. The molecule has 0 aliphatic carbocycles. The predicted octanol–water partition coefficient (Wildman–Crippen LogP) is 8.71. The Morgan fingerprint density at radius 3 is 2.74 bits per heavy atom. The van der Waals surface area contributed by atoms with E-state index in [1.807, 2.05) is 81.4 Å². The van der Waals surface area contributed by atoms with Gasteiger partial charge in [-0.3, -0.25) is 4.79 Å². The van der Waals surface area contributed by atoms with E-state index in [-0.39, 0.29) is 5.91 Å². The largest absolute Gasteiger partial charge is 0.493 e. The molecule has 1 aliphatic heterocycles. The Balaban J connectivity index is 1.56. The minimum absolute atomic E-state index is 0.218. The van der Waals surface area contributed by atoms with Crippen LogP contribution in [0, 0.1) is 13.8 Å². The van der Waals surface area contributed by atoms with Crippen LogP contribution in [0.5, 0.6) is 5.75 Å². The van der Waals surface area contributed by atoms with E-state index < -0.39 is 6.04 Å². The topological polar surface area (TPSA) is 81.1 Å². The van der Waals surface area contributed by atoms with Gasteiger partial charge in [-0.1, -0.05) is 83.0 Å². The second-order valence-electron chi connectivity index (χ2n) is 10.2. The lowest BCUT2D eigenvalue weighted by atomic mass is 9.94. The highest BCUT2D eigenvalue weighted by molar-refractivity contribution is 9.10. The Labute approximate surface area is 264 Å². The molecule has 1 atom stereocenters. The van der Waals surface area contributed by atoms with E-state index in [4.69, 9.17) is 26.4 Å². The summed E-state index contributed by atoms with van der Waals surface area (Å²) in [7, 11) is 0. The first-order valence-corrected chi connectivity index (χ1v) is 16.0. The molecule has 0 bridgehead atoms. The van der Waals surface area contributed by atoms with E-state index in [9.17, 15) is 4.79 Å². The van der Waals surface area contributed by atoms with E-state index in [1.165, 1.54) is 11.8 Å². The highest BCUT2D eigenvalue weighted by Crippen LogP contribution is 2.42. The van der Waals surface area contributed by atoms with Crippen molar-refractivity contribution in [1.82, 2.24) is 14.8 Å². The number of hydrogen-bond donors (Lipinski definition) is 2. The number of thioether (sulfide) groups is 1. The molecule has 10 heteroatoms. The highest BCUT2D eigenvalue weighted by Gasteiger charge is 2.36. The van der Waals surface area contributed by atoms with Gasteiger partial charge in [0.2, 0.25) is 11.1 Å². The first-order chi connectivity index (χ1) is 20.3. The smallest absolute Gasteiger partial charge is 0.255 e. The molecule has 7 nitrogen and oxygen atoms in total. The number of anilines is 2. The Hall–Kier alpha value is -3.27. The Morgan fingerprint density at radius 2 is 1.95 bits per heavy atom. The molecule has 0 saturated carbocycles. The number of ether oxygens (including phenoxy) is 1. The van der Waals surface area contributed by atoms with E-state index in [1.54, 1.807) is 4.68 Å². The number of nitrogens with one attached hydrogen (secondary N) is 2. The summed E-state index contributed by atoms with van der Waals surface area (Å²) >= 11 is 11.5. The summed E-state index contributed by atoms with van der Waals surface area (Å²) in [6.45, 7) is 8.64. The lowest BCUT2D eigenvalue weighted by Gasteiger charge is -2.30. The summed E-state index contributed by atoms with van der Waals surface area (Å²) in [5, 5.41) is 12.7. The monoisotopic (exact) mass is 665 g/mol. The van der Waals surface area contributed by atoms with Gasteiger partial charge in [0.1, 0.15) is 11.8 Å². The van der Waals surface area contributed by atoms with Crippen molar-refractivity contribution in [1.29, 1.82) is 0 Å². The van der Waals surface area contributed by atoms with Crippen LogP contribution in [-0.2, 0) is 10.5 Å². The number of halogens is 2. The number of hydrogen-bond acceptors (Lipinski definition) is 6. The van der Waals surface area contributed by atoms with Crippen LogP contribution in [-0.4, -0.2) is 27.3 Å². The van der Waals surface area contributed by atoms with Crippen molar-refractivity contribution < 1.29 is 9.53 Å². The Bertz CT molecular complexity index is 1650. The third-order valence-corrected chi connectivity index (χ3v) is 9.02. The minimum atomic E-state index is -0.581. The van der Waals surface area contributed by atoms with Crippen molar-refractivity contribution in [2.45, 2.75) is 57.5 Å². The van der Waals surface area contributed by atoms with Crippen LogP contribution in [0.25, 0.3) is 0 Å². The summed E-state index contributed by atoms with van der Waals surface area (Å²) < 4.78 is 8.93. The highest BCUT2D eigenvalue weighted by atomic mass is 79.9. The number of amides is 1. The van der Waals surface area contributed by atoms with Gasteiger partial charge in [0, 0.05) is 32.2 Å². The fraction of sp³-hybridized carbons (Fsp3) is 0.281. The number of carbonyl (C=O) groups is 1. The molecule has 2 heterocycles. The molecule has 218 valence electrons. The van der Waals surface area contributed by atoms with Crippen LogP contribution in [0.15, 0.2) is 81.6 Å². The van der Waals surface area contributed by atoms with Gasteiger partial charge in [-0.15, -0.1) is 5.10 Å². The Morgan fingerprint density at radius 1 is 1.14 bits per heavy atom. The predicted molar refractivity (Wildman–Crippen MR) is 175 cm³/mol. The minimum Gasteiger partial charge on any atom is -0.493 e. The first kappa shape index (κ1) is 30.2. The number of carbonyl (C=O) groups excluding carboxylic acids is 1. The zero-order chi connectivity index (χ0) is 29.8. The molecule has 0 saturated heterocycles. The number of benzene rings is 3. The Kier molecular flexibility index (Phi) is 9.60. The second kappa shape index (κ2) is 13.4. The molecule has 1 amide bonds. The van der Waals surface area contributed by atoms with Crippen molar-refractivity contribution in [2.24, 2.45) is 0 Å². The third kappa shape index (κ3) is 6.53. The fourth-order valence-corrected chi connectivity index (χ4v) is 6.29. The number of unbranched alkanes of at least 4 members (excludes halogenated alkanes) is 1. The average Bonchev–Trinajstić information content (AvgIpc) is 3.37. The zero-order valence-electron chi connectivity index (χ0n) is 24.0. The van der Waals surface area contributed by atoms with E-state index in [2.05, 4.69) is 33.5 Å². The number of fused-ring (bicyclic) bond motifs is 1. The van der Waals surface area contributed by atoms with Gasteiger partial charge < -0.3 is 15.4 Å². The molecule has 0 fully saturated rings. The van der Waals surface area contributed by atoms with E-state index in [0.717, 1.165) is 45.3 Å². The number of aryl methyl sites for hydroxylation is 1. The molecule has 5 rings (SSSR count). The number of aromatic nitrogens is 3. The number of allylic oxidation sites excluding steroid dienone is 1. The molecule has 0 radical (unpaired) electrons. The van der Waals surface area contributed by atoms with Gasteiger partial charge in [0.25, 0.3) is 5.91 Å². The van der Waals surface area contributed by atoms with Gasteiger partial charge in [0.05, 0.1) is 12.2 Å². The quantitative estimate of drug-likeness (QED) is 0.130. The molecule has 3 aromatic carbocycles. The van der Waals surface area contributed by atoms with Crippen LogP contribution >= 0.6 is 39.3 Å². The summed E-state index contributed by atoms with van der Waals surface area (Å²) in [4.78, 5) is 18.9. The molecule has 2 N–H and O–H groups in total. The summed E-state index contributed by atoms with van der Waals surface area (Å²) in [6, 6.07) is 19.0. The average molecular weight is 667 g/mol. The molecule has 4 aromatic rings. The van der Waals surface area contributed by atoms with Crippen molar-refractivity contribution in [3.05, 3.63) is 104 Å². The standard InChI is InChI=1S/C32H33BrClN5O2S/c1-5-6-16-41-27-15-14-23(33)17-24(27)29-28(30(40)36-26-13-9-10-19(2)20(26)3)21(4)35-31-37-32(38-39(29)31)42-18-22-11-7-8-12-25(22)34/h7-15,17,29H,5-6,16,18H2,1-4H3,(H,36,40)(H,35,37,38). The van der Waals surface area contributed by atoms with E-state index in [0.29, 0.717) is 45.5 Å². The third-order valence-electron chi connectivity index (χ3n) is 7.27. The van der Waals surface area contributed by atoms with Crippen molar-refractivity contribution in [2.75, 3.05) is 17.2 Å². The first-order valence-electron chi connectivity index (χ1n) is 13.9. The maximum Gasteiger partial charge on any atom is 0.255 e. The molecule has 1 aromatic heterocycles. The molecular weight excluding hydrogens is 634 g/mol. The van der Waals surface area contributed by atoms with Crippen molar-refractivity contribution in [3.8, 4) is 5.75 Å². The normalized spacial score (nSPS) is 14.4. The van der Waals surface area contributed by atoms with Gasteiger partial charge in [-0.05, 0) is 74.2 Å². The van der Waals surface area contributed by atoms with Crippen molar-refractivity contribution >= 4 is 56.8 Å². The maximum absolute atomic E-state index is 14.1. The lowest BCUT2D eigenvalue weighted by Crippen LogP contribution is -2.32. The van der Waals surface area contributed by atoms with Gasteiger partial charge in [-0.25, -0.2) is 4.68 Å². The maximum atomic E-state index is 14.1. The van der Waals surface area contributed by atoms with Gasteiger partial charge in [0.15, 0.2) is 0 Å². The molecule has 0 spiro atoms. The fourth-order valence-electron chi connectivity index (χ4n) is 4.80. The second-order valence-corrected chi connectivity index (χ2v) is 12.5. The summed E-state index contributed by atoms with van der Waals surface area (Å²) in [5.41, 5.74) is 5.96. The molecule has 1 aliphatic rings.